The Hall–Kier alpha value is -2.19. The average molecular weight is 312 g/mol. The van der Waals surface area contributed by atoms with Gasteiger partial charge >= 0.3 is 0 Å². The lowest BCUT2D eigenvalue weighted by Gasteiger charge is -2.05. The number of carbonyl (C=O) groups is 1. The number of furan rings is 1. The second kappa shape index (κ2) is 5.66. The zero-order valence-corrected chi connectivity index (χ0v) is 12.1. The van der Waals surface area contributed by atoms with Crippen LogP contribution in [0.1, 0.15) is 16.1 Å². The molecule has 6 nitrogen and oxygen atoms in total. The summed E-state index contributed by atoms with van der Waals surface area (Å²) >= 11 is 0. The summed E-state index contributed by atoms with van der Waals surface area (Å²) in [5.74, 6) is -1.56. The first kappa shape index (κ1) is 15.2. The summed E-state index contributed by atoms with van der Waals surface area (Å²) in [5, 5.41) is 1.94. The predicted octanol–water partition coefficient (Wildman–Crippen LogP) is 1.89. The van der Waals surface area contributed by atoms with Crippen molar-refractivity contribution in [1.82, 2.24) is 4.72 Å². The van der Waals surface area contributed by atoms with E-state index in [0.29, 0.717) is 0 Å². The van der Waals surface area contributed by atoms with E-state index in [2.05, 4.69) is 10.0 Å². The van der Waals surface area contributed by atoms with Gasteiger partial charge in [0.05, 0.1) is 5.69 Å². The van der Waals surface area contributed by atoms with Gasteiger partial charge in [0.1, 0.15) is 5.82 Å². The third-order valence-electron chi connectivity index (χ3n) is 2.71. The van der Waals surface area contributed by atoms with Crippen molar-refractivity contribution in [2.24, 2.45) is 0 Å². The molecule has 0 aliphatic carbocycles. The molecule has 2 aromatic rings. The van der Waals surface area contributed by atoms with Crippen molar-refractivity contribution in [2.45, 2.75) is 12.0 Å². The van der Waals surface area contributed by atoms with E-state index in [1.165, 1.54) is 25.2 Å². The smallest absolute Gasteiger partial charge is 0.291 e. The van der Waals surface area contributed by atoms with Gasteiger partial charge in [0.2, 0.25) is 5.09 Å². The minimum Gasteiger partial charge on any atom is -0.438 e. The van der Waals surface area contributed by atoms with Crippen LogP contribution in [0.4, 0.5) is 10.1 Å². The van der Waals surface area contributed by atoms with Crippen LogP contribution in [0.15, 0.2) is 39.8 Å². The number of sulfonamides is 1. The molecule has 0 aliphatic heterocycles. The average Bonchev–Trinajstić information content (AvgIpc) is 2.93. The Labute approximate surface area is 121 Å². The van der Waals surface area contributed by atoms with Crippen LogP contribution in [0.2, 0.25) is 0 Å². The van der Waals surface area contributed by atoms with E-state index < -0.39 is 21.7 Å². The lowest BCUT2D eigenvalue weighted by atomic mass is 10.2. The fourth-order valence-electron chi connectivity index (χ4n) is 1.61. The van der Waals surface area contributed by atoms with Crippen LogP contribution in [-0.2, 0) is 10.0 Å². The molecule has 1 aromatic carbocycles. The van der Waals surface area contributed by atoms with E-state index in [1.54, 1.807) is 13.0 Å². The van der Waals surface area contributed by atoms with Gasteiger partial charge in [0.15, 0.2) is 5.76 Å². The van der Waals surface area contributed by atoms with Gasteiger partial charge in [-0.25, -0.2) is 17.5 Å². The van der Waals surface area contributed by atoms with Crippen molar-refractivity contribution < 1.29 is 22.0 Å². The topological polar surface area (TPSA) is 88.4 Å². The van der Waals surface area contributed by atoms with E-state index in [9.17, 15) is 17.6 Å². The highest BCUT2D eigenvalue weighted by Gasteiger charge is 2.20. The Bertz CT molecular complexity index is 783. The van der Waals surface area contributed by atoms with Gasteiger partial charge in [-0.2, -0.15) is 0 Å². The van der Waals surface area contributed by atoms with Gasteiger partial charge in [-0.3, -0.25) is 4.79 Å². The maximum Gasteiger partial charge on any atom is 0.291 e. The second-order valence-corrected chi connectivity index (χ2v) is 6.08. The van der Waals surface area contributed by atoms with Crippen molar-refractivity contribution in [2.75, 3.05) is 12.4 Å². The van der Waals surface area contributed by atoms with E-state index in [0.717, 1.165) is 11.6 Å². The molecule has 21 heavy (non-hydrogen) atoms. The maximum absolute atomic E-state index is 13.5. The van der Waals surface area contributed by atoms with E-state index in [4.69, 9.17) is 4.42 Å². The summed E-state index contributed by atoms with van der Waals surface area (Å²) in [7, 11) is -2.55. The van der Waals surface area contributed by atoms with Crippen LogP contribution in [0.3, 0.4) is 0 Å². The third kappa shape index (κ3) is 3.29. The molecular formula is C13H13FN2O4S. The molecule has 0 saturated heterocycles. The number of benzene rings is 1. The largest absolute Gasteiger partial charge is 0.438 e. The van der Waals surface area contributed by atoms with Crippen LogP contribution in [-0.4, -0.2) is 21.4 Å². The highest BCUT2D eigenvalue weighted by Crippen LogP contribution is 2.18. The normalized spacial score (nSPS) is 11.4. The third-order valence-corrected chi connectivity index (χ3v) is 4.00. The predicted molar refractivity (Wildman–Crippen MR) is 74.0 cm³/mol. The van der Waals surface area contributed by atoms with Gasteiger partial charge < -0.3 is 9.73 Å². The van der Waals surface area contributed by atoms with Crippen molar-refractivity contribution in [3.05, 3.63) is 47.5 Å². The molecule has 1 heterocycles. The number of anilines is 1. The molecule has 0 saturated carbocycles. The first-order chi connectivity index (χ1) is 9.83. The zero-order valence-electron chi connectivity index (χ0n) is 11.3. The van der Waals surface area contributed by atoms with Gasteiger partial charge in [-0.05, 0) is 43.8 Å². The molecular weight excluding hydrogens is 299 g/mol. The molecule has 2 N–H and O–H groups in total. The first-order valence-corrected chi connectivity index (χ1v) is 7.42. The molecule has 1 aromatic heterocycles. The molecule has 1 amide bonds. The van der Waals surface area contributed by atoms with Gasteiger partial charge in [-0.15, -0.1) is 0 Å². The summed E-state index contributed by atoms with van der Waals surface area (Å²) in [6.07, 6.45) is 0. The lowest BCUT2D eigenvalue weighted by molar-refractivity contribution is 0.0991. The molecule has 2 rings (SSSR count). The van der Waals surface area contributed by atoms with E-state index in [1.807, 2.05) is 0 Å². The summed E-state index contributed by atoms with van der Waals surface area (Å²) in [4.78, 5) is 11.9. The quantitative estimate of drug-likeness (QED) is 0.902. The summed E-state index contributed by atoms with van der Waals surface area (Å²) in [5.41, 5.74) is 0.763. The van der Waals surface area contributed by atoms with Crippen molar-refractivity contribution in [1.29, 1.82) is 0 Å². The molecule has 0 fully saturated rings. The van der Waals surface area contributed by atoms with Crippen LogP contribution in [0.25, 0.3) is 0 Å². The number of aryl methyl sites for hydroxylation is 1. The minimum atomic E-state index is -3.77. The Morgan fingerprint density at radius 3 is 2.62 bits per heavy atom. The van der Waals surface area contributed by atoms with E-state index >= 15 is 0 Å². The number of halogens is 1. The Balaban J connectivity index is 2.24. The van der Waals surface area contributed by atoms with Crippen LogP contribution >= 0.6 is 0 Å². The Morgan fingerprint density at radius 2 is 1.95 bits per heavy atom. The fraction of sp³-hybridized carbons (Fsp3) is 0.154. The van der Waals surface area contributed by atoms with Crippen molar-refractivity contribution >= 4 is 21.6 Å². The highest BCUT2D eigenvalue weighted by atomic mass is 32.2. The number of carbonyl (C=O) groups excluding carboxylic acids is 1. The molecule has 0 atom stereocenters. The summed E-state index contributed by atoms with van der Waals surface area (Å²) in [6, 6.07) is 6.60. The van der Waals surface area contributed by atoms with Crippen molar-refractivity contribution in [3.63, 3.8) is 0 Å². The minimum absolute atomic E-state index is 0.00516. The molecule has 0 spiro atoms. The molecule has 0 radical (unpaired) electrons. The molecule has 8 heteroatoms. The monoisotopic (exact) mass is 312 g/mol. The first-order valence-electron chi connectivity index (χ1n) is 5.94. The van der Waals surface area contributed by atoms with Gasteiger partial charge in [0, 0.05) is 0 Å². The molecule has 0 unspecified atom stereocenters. The van der Waals surface area contributed by atoms with Gasteiger partial charge in [0.25, 0.3) is 15.9 Å². The standard InChI is InChI=1S/C13H13FN2O4S/c1-8-3-4-9(14)10(7-8)16-13(17)11-5-6-12(20-11)21(18,19)15-2/h3-7,15H,1-2H3,(H,16,17). The number of rotatable bonds is 4. The number of hydrogen-bond donors (Lipinski definition) is 2. The fourth-order valence-corrected chi connectivity index (χ4v) is 2.25. The van der Waals surface area contributed by atoms with Crippen LogP contribution in [0.5, 0.6) is 0 Å². The number of amides is 1. The molecule has 0 aliphatic rings. The summed E-state index contributed by atoms with van der Waals surface area (Å²) in [6.45, 7) is 1.75. The molecule has 112 valence electrons. The van der Waals surface area contributed by atoms with Crippen LogP contribution in [0, 0.1) is 12.7 Å². The number of hydrogen-bond acceptors (Lipinski definition) is 4. The number of nitrogens with one attached hydrogen (secondary N) is 2. The SMILES string of the molecule is CNS(=O)(=O)c1ccc(C(=O)Nc2cc(C)ccc2F)o1. The lowest BCUT2D eigenvalue weighted by Crippen LogP contribution is -2.18. The Kier molecular flexibility index (Phi) is 4.10. The summed E-state index contributed by atoms with van der Waals surface area (Å²) < 4.78 is 43.6. The van der Waals surface area contributed by atoms with Crippen molar-refractivity contribution in [3.8, 4) is 0 Å². The zero-order chi connectivity index (χ0) is 15.6. The van der Waals surface area contributed by atoms with E-state index in [-0.39, 0.29) is 16.5 Å². The Morgan fingerprint density at radius 1 is 1.24 bits per heavy atom. The maximum atomic E-state index is 13.5. The second-order valence-electron chi connectivity index (χ2n) is 4.26. The molecule has 0 bridgehead atoms. The highest BCUT2D eigenvalue weighted by molar-refractivity contribution is 7.89. The van der Waals surface area contributed by atoms with Gasteiger partial charge in [-0.1, -0.05) is 6.07 Å². The van der Waals surface area contributed by atoms with Crippen LogP contribution < -0.4 is 10.0 Å².